The van der Waals surface area contributed by atoms with E-state index in [1.807, 2.05) is 0 Å². The van der Waals surface area contributed by atoms with Crippen molar-refractivity contribution >= 4 is 5.82 Å². The Hall–Kier alpha value is -1.16. The number of hydrogen-bond donors (Lipinski definition) is 1. The molecule has 1 N–H and O–H groups in total. The quantitative estimate of drug-likeness (QED) is 0.866. The highest BCUT2D eigenvalue weighted by Crippen LogP contribution is 2.24. The maximum absolute atomic E-state index is 4.42. The van der Waals surface area contributed by atoms with Crippen molar-refractivity contribution in [3.05, 3.63) is 17.6 Å². The van der Waals surface area contributed by atoms with Gasteiger partial charge in [-0.1, -0.05) is 0 Å². The minimum atomic E-state index is 0.452. The third-order valence-electron chi connectivity index (χ3n) is 3.52. The molecule has 1 heterocycles. The Morgan fingerprint density at radius 3 is 2.83 bits per heavy atom. The molecule has 0 aromatic carbocycles. The molecule has 1 aliphatic rings. The largest absolute Gasteiger partial charge is 0.367 e. The predicted molar refractivity (Wildman–Crippen MR) is 74.9 cm³/mol. The molecule has 2 rings (SSSR count). The van der Waals surface area contributed by atoms with Crippen LogP contribution in [-0.4, -0.2) is 41.5 Å². The molecule has 0 spiro atoms. The fourth-order valence-electron chi connectivity index (χ4n) is 2.40. The second-order valence-electron chi connectivity index (χ2n) is 5.49. The molecule has 18 heavy (non-hydrogen) atoms. The smallest absolute Gasteiger partial charge is 0.133 e. The number of nitrogens with one attached hydrogen (secondary N) is 1. The molecule has 1 atom stereocenters. The lowest BCUT2D eigenvalue weighted by Gasteiger charge is -2.22. The highest BCUT2D eigenvalue weighted by atomic mass is 15.1. The Bertz CT molecular complexity index is 389. The molecule has 0 saturated carbocycles. The maximum Gasteiger partial charge on any atom is 0.133 e. The first-order chi connectivity index (χ1) is 8.66. The molecule has 0 radical (unpaired) electrons. The van der Waals surface area contributed by atoms with E-state index < -0.39 is 0 Å². The fourth-order valence-corrected chi connectivity index (χ4v) is 2.40. The molecule has 0 saturated heterocycles. The van der Waals surface area contributed by atoms with Gasteiger partial charge in [0.2, 0.25) is 0 Å². The van der Waals surface area contributed by atoms with Gasteiger partial charge >= 0.3 is 0 Å². The molecule has 0 bridgehead atoms. The lowest BCUT2D eigenvalue weighted by Crippen LogP contribution is -2.24. The van der Waals surface area contributed by atoms with E-state index in [0.717, 1.165) is 31.6 Å². The summed E-state index contributed by atoms with van der Waals surface area (Å²) >= 11 is 0. The summed E-state index contributed by atoms with van der Waals surface area (Å²) in [6.45, 7) is 3.32. The van der Waals surface area contributed by atoms with Crippen LogP contribution in [0.5, 0.6) is 0 Å². The van der Waals surface area contributed by atoms with Gasteiger partial charge in [0.25, 0.3) is 0 Å². The minimum Gasteiger partial charge on any atom is -0.367 e. The monoisotopic (exact) mass is 248 g/mol. The number of anilines is 1. The number of hydrogen-bond acceptors (Lipinski definition) is 4. The maximum atomic E-state index is 4.42. The van der Waals surface area contributed by atoms with Gasteiger partial charge < -0.3 is 10.2 Å². The van der Waals surface area contributed by atoms with Crippen molar-refractivity contribution in [2.24, 2.45) is 0 Å². The topological polar surface area (TPSA) is 41.0 Å². The first-order valence-electron chi connectivity index (χ1n) is 6.91. The molecule has 0 aliphatic heterocycles. The summed E-state index contributed by atoms with van der Waals surface area (Å²) in [5.41, 5.74) is 2.60. The lowest BCUT2D eigenvalue weighted by molar-refractivity contribution is 0.390. The van der Waals surface area contributed by atoms with Crippen molar-refractivity contribution in [1.82, 2.24) is 14.9 Å². The average molecular weight is 248 g/mol. The Labute approximate surface area is 110 Å². The molecule has 1 aromatic rings. The van der Waals surface area contributed by atoms with Crippen LogP contribution in [0, 0.1) is 0 Å². The predicted octanol–water partition coefficient (Wildman–Crippen LogP) is 2.11. The van der Waals surface area contributed by atoms with Crippen LogP contribution >= 0.6 is 0 Å². The summed E-state index contributed by atoms with van der Waals surface area (Å²) < 4.78 is 0. The Morgan fingerprint density at radius 2 is 2.06 bits per heavy atom. The summed E-state index contributed by atoms with van der Waals surface area (Å²) in [7, 11) is 4.22. The summed E-state index contributed by atoms with van der Waals surface area (Å²) in [4.78, 5) is 11.0. The molecule has 1 unspecified atom stereocenters. The van der Waals surface area contributed by atoms with Crippen molar-refractivity contribution in [2.75, 3.05) is 26.0 Å². The average Bonchev–Trinajstić information content (AvgIpc) is 2.37. The number of fused-ring (bicyclic) bond motifs is 1. The normalized spacial score (nSPS) is 16.4. The second-order valence-corrected chi connectivity index (χ2v) is 5.49. The number of nitrogens with zero attached hydrogens (tertiary/aromatic N) is 3. The van der Waals surface area contributed by atoms with Crippen LogP contribution in [0.15, 0.2) is 6.33 Å². The molecule has 0 amide bonds. The van der Waals surface area contributed by atoms with Gasteiger partial charge in [-0.25, -0.2) is 9.97 Å². The third-order valence-corrected chi connectivity index (χ3v) is 3.52. The van der Waals surface area contributed by atoms with Crippen molar-refractivity contribution in [2.45, 2.75) is 45.1 Å². The zero-order valence-electron chi connectivity index (χ0n) is 11.7. The molecule has 1 aliphatic carbocycles. The Balaban J connectivity index is 2.00. The van der Waals surface area contributed by atoms with E-state index in [-0.39, 0.29) is 0 Å². The van der Waals surface area contributed by atoms with Crippen molar-refractivity contribution in [3.63, 3.8) is 0 Å². The number of rotatable bonds is 5. The number of aromatic nitrogens is 2. The van der Waals surface area contributed by atoms with Crippen LogP contribution in [0.4, 0.5) is 5.82 Å². The highest BCUT2D eigenvalue weighted by Gasteiger charge is 2.16. The summed E-state index contributed by atoms with van der Waals surface area (Å²) in [5, 5.41) is 3.55. The zero-order chi connectivity index (χ0) is 13.0. The van der Waals surface area contributed by atoms with Crippen molar-refractivity contribution in [1.29, 1.82) is 0 Å². The number of aryl methyl sites for hydroxylation is 1. The van der Waals surface area contributed by atoms with Crippen molar-refractivity contribution < 1.29 is 0 Å². The molecular formula is C14H24N4. The van der Waals surface area contributed by atoms with Gasteiger partial charge in [0.1, 0.15) is 12.1 Å². The van der Waals surface area contributed by atoms with E-state index in [0.29, 0.717) is 6.04 Å². The fraction of sp³-hybridized carbons (Fsp3) is 0.714. The standard InChI is InChI=1S/C14H24N4/c1-11(8-9-18(2)3)17-14-12-6-4-5-7-13(12)15-10-16-14/h10-11H,4-9H2,1-3H3,(H,15,16,17). The molecular weight excluding hydrogens is 224 g/mol. The lowest BCUT2D eigenvalue weighted by atomic mass is 9.96. The van der Waals surface area contributed by atoms with E-state index in [9.17, 15) is 0 Å². The van der Waals surface area contributed by atoms with Crippen LogP contribution in [0.2, 0.25) is 0 Å². The molecule has 4 heteroatoms. The first kappa shape index (κ1) is 13.3. The van der Waals surface area contributed by atoms with E-state index in [2.05, 4.69) is 41.2 Å². The van der Waals surface area contributed by atoms with Gasteiger partial charge in [-0.15, -0.1) is 0 Å². The van der Waals surface area contributed by atoms with Gasteiger partial charge in [-0.2, -0.15) is 0 Å². The minimum absolute atomic E-state index is 0.452. The molecule has 100 valence electrons. The van der Waals surface area contributed by atoms with Gasteiger partial charge in [0.15, 0.2) is 0 Å². The summed E-state index contributed by atoms with van der Waals surface area (Å²) in [5.74, 6) is 1.06. The van der Waals surface area contributed by atoms with E-state index in [1.54, 1.807) is 6.33 Å². The van der Waals surface area contributed by atoms with Crippen LogP contribution < -0.4 is 5.32 Å². The molecule has 4 nitrogen and oxygen atoms in total. The van der Waals surface area contributed by atoms with Gasteiger partial charge in [0.05, 0.1) is 0 Å². The van der Waals surface area contributed by atoms with Crippen LogP contribution in [-0.2, 0) is 12.8 Å². The van der Waals surface area contributed by atoms with E-state index in [4.69, 9.17) is 0 Å². The molecule has 0 fully saturated rings. The summed E-state index contributed by atoms with van der Waals surface area (Å²) in [6, 6.07) is 0.452. The van der Waals surface area contributed by atoms with Crippen LogP contribution in [0.1, 0.15) is 37.4 Å². The van der Waals surface area contributed by atoms with Gasteiger partial charge in [0, 0.05) is 17.3 Å². The Kier molecular flexibility index (Phi) is 4.53. The van der Waals surface area contributed by atoms with E-state index >= 15 is 0 Å². The van der Waals surface area contributed by atoms with E-state index in [1.165, 1.54) is 24.1 Å². The SMILES string of the molecule is CC(CCN(C)C)Nc1ncnc2c1CCCC2. The highest BCUT2D eigenvalue weighted by molar-refractivity contribution is 5.47. The zero-order valence-corrected chi connectivity index (χ0v) is 11.7. The van der Waals surface area contributed by atoms with Crippen LogP contribution in [0.3, 0.4) is 0 Å². The first-order valence-corrected chi connectivity index (χ1v) is 6.91. The van der Waals surface area contributed by atoms with Crippen LogP contribution in [0.25, 0.3) is 0 Å². The van der Waals surface area contributed by atoms with Crippen molar-refractivity contribution in [3.8, 4) is 0 Å². The second kappa shape index (κ2) is 6.14. The summed E-state index contributed by atoms with van der Waals surface area (Å²) in [6.07, 6.45) is 7.59. The Morgan fingerprint density at radius 1 is 1.28 bits per heavy atom. The third kappa shape index (κ3) is 3.42. The molecule has 1 aromatic heterocycles. The van der Waals surface area contributed by atoms with Gasteiger partial charge in [-0.3, -0.25) is 0 Å². The van der Waals surface area contributed by atoms with Gasteiger partial charge in [-0.05, 0) is 59.7 Å².